The minimum Gasteiger partial charge on any atom is -0.481 e. The van der Waals surface area contributed by atoms with E-state index in [-0.39, 0.29) is 5.75 Å². The molecule has 0 saturated carbocycles. The van der Waals surface area contributed by atoms with Crippen molar-refractivity contribution < 1.29 is 27.8 Å². The van der Waals surface area contributed by atoms with E-state index >= 15 is 0 Å². The predicted molar refractivity (Wildman–Crippen MR) is 61.1 cm³/mol. The Morgan fingerprint density at radius 1 is 1.32 bits per heavy atom. The fourth-order valence-electron chi connectivity index (χ4n) is 2.05. The first kappa shape index (κ1) is 13.5. The molecule has 0 aromatic heterocycles. The first-order valence-electron chi connectivity index (χ1n) is 5.69. The number of aliphatic carboxylic acids is 1. The third kappa shape index (κ3) is 3.52. The molecule has 0 aliphatic carbocycles. The molecule has 0 bridgehead atoms. The number of rotatable bonds is 3. The maximum Gasteiger partial charge on any atom is 0.573 e. The number of benzene rings is 1. The maximum absolute atomic E-state index is 12.0. The zero-order chi connectivity index (χ0) is 14.0. The molecule has 1 heterocycles. The van der Waals surface area contributed by atoms with Crippen molar-refractivity contribution >= 4 is 11.7 Å². The van der Waals surface area contributed by atoms with E-state index in [4.69, 9.17) is 5.11 Å². The quantitative estimate of drug-likeness (QED) is 0.920. The molecule has 1 N–H and O–H groups in total. The summed E-state index contributed by atoms with van der Waals surface area (Å²) < 4.78 is 39.7. The van der Waals surface area contributed by atoms with Crippen molar-refractivity contribution in [2.24, 2.45) is 5.92 Å². The highest BCUT2D eigenvalue weighted by molar-refractivity contribution is 5.72. The number of alkyl halides is 3. The Balaban J connectivity index is 2.01. The molecule has 1 aromatic rings. The van der Waals surface area contributed by atoms with Gasteiger partial charge < -0.3 is 14.7 Å². The minimum atomic E-state index is -4.70. The number of hydrogen-bond donors (Lipinski definition) is 1. The van der Waals surface area contributed by atoms with E-state index in [0.717, 1.165) is 0 Å². The number of anilines is 1. The maximum atomic E-state index is 12.0. The number of carboxylic acids is 1. The fourth-order valence-corrected chi connectivity index (χ4v) is 2.05. The summed E-state index contributed by atoms with van der Waals surface area (Å²) in [5.41, 5.74) is 0.693. The molecule has 1 aromatic carbocycles. The van der Waals surface area contributed by atoms with Crippen molar-refractivity contribution in [1.82, 2.24) is 0 Å². The molecule has 4 nitrogen and oxygen atoms in total. The van der Waals surface area contributed by atoms with E-state index in [0.29, 0.717) is 25.2 Å². The molecule has 0 spiro atoms. The van der Waals surface area contributed by atoms with Crippen LogP contribution >= 0.6 is 0 Å². The number of nitrogens with zero attached hydrogens (tertiary/aromatic N) is 1. The van der Waals surface area contributed by atoms with Crippen LogP contribution in [0, 0.1) is 5.92 Å². The SMILES string of the molecule is O=C(O)C1CCN(c2ccc(OC(F)(F)F)cc2)C1. The van der Waals surface area contributed by atoms with Crippen LogP contribution in [0.25, 0.3) is 0 Å². The van der Waals surface area contributed by atoms with E-state index < -0.39 is 18.2 Å². The largest absolute Gasteiger partial charge is 0.573 e. The van der Waals surface area contributed by atoms with Crippen molar-refractivity contribution in [2.75, 3.05) is 18.0 Å². The number of halogens is 3. The van der Waals surface area contributed by atoms with Crippen LogP contribution in [0.2, 0.25) is 0 Å². The van der Waals surface area contributed by atoms with Gasteiger partial charge in [-0.1, -0.05) is 0 Å². The van der Waals surface area contributed by atoms with Gasteiger partial charge in [-0.2, -0.15) is 0 Å². The lowest BCUT2D eigenvalue weighted by molar-refractivity contribution is -0.274. The molecule has 7 heteroatoms. The summed E-state index contributed by atoms with van der Waals surface area (Å²) in [6.45, 7) is 0.950. The van der Waals surface area contributed by atoms with Gasteiger partial charge in [-0.3, -0.25) is 4.79 Å². The lowest BCUT2D eigenvalue weighted by atomic mass is 10.1. The van der Waals surface area contributed by atoms with Crippen molar-refractivity contribution in [3.05, 3.63) is 24.3 Å². The summed E-state index contributed by atoms with van der Waals surface area (Å²) in [5.74, 6) is -1.56. The molecule has 1 aliphatic rings. The summed E-state index contributed by atoms with van der Waals surface area (Å²) in [5, 5.41) is 8.88. The van der Waals surface area contributed by atoms with Crippen molar-refractivity contribution in [3.8, 4) is 5.75 Å². The topological polar surface area (TPSA) is 49.8 Å². The van der Waals surface area contributed by atoms with Gasteiger partial charge in [0, 0.05) is 18.8 Å². The van der Waals surface area contributed by atoms with Crippen LogP contribution in [0.4, 0.5) is 18.9 Å². The summed E-state index contributed by atoms with van der Waals surface area (Å²) in [6.07, 6.45) is -4.17. The summed E-state index contributed by atoms with van der Waals surface area (Å²) in [6, 6.07) is 5.42. The Labute approximate surface area is 107 Å². The Morgan fingerprint density at radius 3 is 2.42 bits per heavy atom. The Hall–Kier alpha value is -1.92. The first-order valence-corrected chi connectivity index (χ1v) is 5.69. The average molecular weight is 275 g/mol. The molecule has 1 saturated heterocycles. The van der Waals surface area contributed by atoms with Gasteiger partial charge in [-0.15, -0.1) is 13.2 Å². The van der Waals surface area contributed by atoms with E-state index in [1.54, 1.807) is 0 Å². The number of carbonyl (C=O) groups is 1. The lowest BCUT2D eigenvalue weighted by Crippen LogP contribution is -2.22. The number of carboxylic acid groups (broad SMARTS) is 1. The van der Waals surface area contributed by atoms with Gasteiger partial charge in [0.15, 0.2) is 0 Å². The molecular weight excluding hydrogens is 263 g/mol. The van der Waals surface area contributed by atoms with Crippen molar-refractivity contribution in [1.29, 1.82) is 0 Å². The molecule has 1 atom stereocenters. The second kappa shape index (κ2) is 4.99. The summed E-state index contributed by atoms with van der Waals surface area (Å²) >= 11 is 0. The van der Waals surface area contributed by atoms with Crippen LogP contribution in [0.15, 0.2) is 24.3 Å². The van der Waals surface area contributed by atoms with Gasteiger partial charge in [-0.05, 0) is 30.7 Å². The summed E-state index contributed by atoms with van der Waals surface area (Å²) in [4.78, 5) is 12.6. The fraction of sp³-hybridized carbons (Fsp3) is 0.417. The van der Waals surface area contributed by atoms with Crippen LogP contribution in [-0.4, -0.2) is 30.5 Å². The second-order valence-electron chi connectivity index (χ2n) is 4.31. The molecule has 1 unspecified atom stereocenters. The highest BCUT2D eigenvalue weighted by Crippen LogP contribution is 2.28. The van der Waals surface area contributed by atoms with Crippen LogP contribution in [0.5, 0.6) is 5.75 Å². The average Bonchev–Trinajstić information content (AvgIpc) is 2.77. The molecule has 104 valence electrons. The molecule has 19 heavy (non-hydrogen) atoms. The van der Waals surface area contributed by atoms with Gasteiger partial charge in [0.2, 0.25) is 0 Å². The van der Waals surface area contributed by atoms with Crippen LogP contribution in [0.3, 0.4) is 0 Å². The standard InChI is InChI=1S/C12H12F3NO3/c13-12(14,15)19-10-3-1-9(2-4-10)16-6-5-8(7-16)11(17)18/h1-4,8H,5-7H2,(H,17,18). The minimum absolute atomic E-state index is 0.287. The zero-order valence-corrected chi connectivity index (χ0v) is 9.85. The molecule has 1 fully saturated rings. The molecule has 2 rings (SSSR count). The lowest BCUT2D eigenvalue weighted by Gasteiger charge is -2.18. The van der Waals surface area contributed by atoms with Crippen LogP contribution in [-0.2, 0) is 4.79 Å². The van der Waals surface area contributed by atoms with Crippen LogP contribution < -0.4 is 9.64 Å². The molecule has 0 radical (unpaired) electrons. The highest BCUT2D eigenvalue weighted by atomic mass is 19.4. The monoisotopic (exact) mass is 275 g/mol. The highest BCUT2D eigenvalue weighted by Gasteiger charge is 2.31. The normalized spacial score (nSPS) is 19.5. The number of hydrogen-bond acceptors (Lipinski definition) is 3. The van der Waals surface area contributed by atoms with E-state index in [1.165, 1.54) is 24.3 Å². The van der Waals surface area contributed by atoms with Gasteiger partial charge >= 0.3 is 12.3 Å². The third-order valence-corrected chi connectivity index (χ3v) is 2.97. The first-order chi connectivity index (χ1) is 8.85. The van der Waals surface area contributed by atoms with E-state index in [1.807, 2.05) is 4.90 Å². The summed E-state index contributed by atoms with van der Waals surface area (Å²) in [7, 11) is 0. The van der Waals surface area contributed by atoms with Crippen molar-refractivity contribution in [3.63, 3.8) is 0 Å². The van der Waals surface area contributed by atoms with Crippen LogP contribution in [0.1, 0.15) is 6.42 Å². The van der Waals surface area contributed by atoms with Gasteiger partial charge in [0.1, 0.15) is 5.75 Å². The smallest absolute Gasteiger partial charge is 0.481 e. The van der Waals surface area contributed by atoms with Crippen molar-refractivity contribution in [2.45, 2.75) is 12.8 Å². The molecule has 0 amide bonds. The third-order valence-electron chi connectivity index (χ3n) is 2.97. The predicted octanol–water partition coefficient (Wildman–Crippen LogP) is 2.50. The van der Waals surface area contributed by atoms with E-state index in [2.05, 4.69) is 4.74 Å². The van der Waals surface area contributed by atoms with Gasteiger partial charge in [-0.25, -0.2) is 0 Å². The molecule has 1 aliphatic heterocycles. The Kier molecular flexibility index (Phi) is 3.55. The number of ether oxygens (including phenoxy) is 1. The second-order valence-corrected chi connectivity index (χ2v) is 4.31. The van der Waals surface area contributed by atoms with Gasteiger partial charge in [0.25, 0.3) is 0 Å². The zero-order valence-electron chi connectivity index (χ0n) is 9.85. The Morgan fingerprint density at radius 2 is 1.95 bits per heavy atom. The van der Waals surface area contributed by atoms with Gasteiger partial charge in [0.05, 0.1) is 5.92 Å². The van der Waals surface area contributed by atoms with E-state index in [9.17, 15) is 18.0 Å². The Bertz CT molecular complexity index is 458. The molecular formula is C12H12F3NO3.